The number of carboxylic acids is 1. The third-order valence-corrected chi connectivity index (χ3v) is 2.22. The lowest BCUT2D eigenvalue weighted by molar-refractivity contribution is -0.138. The van der Waals surface area contributed by atoms with Crippen LogP contribution in [0, 0.1) is 0 Å². The minimum Gasteiger partial charge on any atom is -0.481 e. The lowest BCUT2D eigenvalue weighted by Gasteiger charge is -2.19. The van der Waals surface area contributed by atoms with E-state index in [0.717, 1.165) is 0 Å². The molecule has 0 aliphatic rings. The van der Waals surface area contributed by atoms with Crippen LogP contribution in [-0.2, 0) is 19.1 Å². The number of amides is 1. The molecule has 0 fully saturated rings. The van der Waals surface area contributed by atoms with E-state index in [1.807, 2.05) is 6.92 Å². The fourth-order valence-corrected chi connectivity index (χ4v) is 1.25. The molecular formula is C11H21NO5. The summed E-state index contributed by atoms with van der Waals surface area (Å²) in [6.07, 6.45) is 0.251. The second kappa shape index (κ2) is 10.0. The van der Waals surface area contributed by atoms with Gasteiger partial charge in [-0.2, -0.15) is 0 Å². The van der Waals surface area contributed by atoms with E-state index in [1.165, 1.54) is 4.90 Å². The molecule has 0 rings (SSSR count). The Balaban J connectivity index is 3.72. The number of ether oxygens (including phenoxy) is 2. The van der Waals surface area contributed by atoms with Crippen molar-refractivity contribution in [2.45, 2.75) is 19.8 Å². The van der Waals surface area contributed by atoms with Crippen LogP contribution >= 0.6 is 0 Å². The van der Waals surface area contributed by atoms with Crippen LogP contribution in [0.2, 0.25) is 0 Å². The van der Waals surface area contributed by atoms with Gasteiger partial charge in [0.25, 0.3) is 0 Å². The highest BCUT2D eigenvalue weighted by Crippen LogP contribution is 1.97. The van der Waals surface area contributed by atoms with Crippen molar-refractivity contribution in [1.29, 1.82) is 0 Å². The predicted octanol–water partition coefficient (Wildman–Crippen LogP) is 0.363. The molecule has 0 unspecified atom stereocenters. The third-order valence-electron chi connectivity index (χ3n) is 2.22. The average molecular weight is 247 g/mol. The summed E-state index contributed by atoms with van der Waals surface area (Å²) in [4.78, 5) is 23.6. The largest absolute Gasteiger partial charge is 0.481 e. The number of carbonyl (C=O) groups excluding carboxylic acids is 1. The van der Waals surface area contributed by atoms with Crippen LogP contribution in [0.5, 0.6) is 0 Å². The smallest absolute Gasteiger partial charge is 0.305 e. The molecule has 100 valence electrons. The van der Waals surface area contributed by atoms with Gasteiger partial charge in [0.1, 0.15) is 0 Å². The molecule has 6 heteroatoms. The van der Waals surface area contributed by atoms with E-state index in [4.69, 9.17) is 14.6 Å². The van der Waals surface area contributed by atoms with Gasteiger partial charge in [-0.15, -0.1) is 0 Å². The van der Waals surface area contributed by atoms with Gasteiger partial charge >= 0.3 is 5.97 Å². The van der Waals surface area contributed by atoms with E-state index in [9.17, 15) is 9.59 Å². The van der Waals surface area contributed by atoms with Crippen LogP contribution in [0.1, 0.15) is 19.8 Å². The molecule has 0 radical (unpaired) electrons. The normalized spacial score (nSPS) is 10.2. The maximum absolute atomic E-state index is 11.6. The van der Waals surface area contributed by atoms with E-state index in [1.54, 1.807) is 7.11 Å². The van der Waals surface area contributed by atoms with Crippen molar-refractivity contribution < 1.29 is 24.2 Å². The summed E-state index contributed by atoms with van der Waals surface area (Å²) in [5.74, 6) is -0.973. The Labute approximate surface area is 101 Å². The number of rotatable bonds is 10. The molecule has 1 N–H and O–H groups in total. The zero-order chi connectivity index (χ0) is 13.1. The van der Waals surface area contributed by atoms with Crippen LogP contribution in [0.3, 0.4) is 0 Å². The Morgan fingerprint density at radius 1 is 1.18 bits per heavy atom. The highest BCUT2D eigenvalue weighted by molar-refractivity contribution is 5.77. The first-order valence-corrected chi connectivity index (χ1v) is 5.68. The van der Waals surface area contributed by atoms with E-state index >= 15 is 0 Å². The van der Waals surface area contributed by atoms with E-state index in [-0.39, 0.29) is 25.3 Å². The number of nitrogens with zero attached hydrogens (tertiary/aromatic N) is 1. The van der Waals surface area contributed by atoms with Gasteiger partial charge in [0.15, 0.2) is 0 Å². The Bertz CT molecular complexity index is 232. The molecule has 0 aliphatic heterocycles. The van der Waals surface area contributed by atoms with Gasteiger partial charge < -0.3 is 19.5 Å². The van der Waals surface area contributed by atoms with Crippen LogP contribution in [0.4, 0.5) is 0 Å². The fraction of sp³-hybridized carbons (Fsp3) is 0.818. The van der Waals surface area contributed by atoms with Gasteiger partial charge in [-0.05, 0) is 6.92 Å². The summed E-state index contributed by atoms with van der Waals surface area (Å²) in [7, 11) is 1.58. The molecule has 0 heterocycles. The van der Waals surface area contributed by atoms with Crippen LogP contribution in [-0.4, -0.2) is 61.9 Å². The highest BCUT2D eigenvalue weighted by Gasteiger charge is 2.12. The van der Waals surface area contributed by atoms with Gasteiger partial charge in [-0.1, -0.05) is 0 Å². The minimum atomic E-state index is -0.896. The SMILES string of the molecule is CCN(CCC(=O)O)C(=O)CCOCCOC. The number of hydrogen-bond acceptors (Lipinski definition) is 4. The van der Waals surface area contributed by atoms with Crippen molar-refractivity contribution in [2.75, 3.05) is 40.0 Å². The first-order chi connectivity index (χ1) is 8.11. The standard InChI is InChI=1S/C11H21NO5/c1-3-12(6-4-11(14)15)10(13)5-7-17-9-8-16-2/h3-9H2,1-2H3,(H,14,15). The molecule has 0 aromatic carbocycles. The summed E-state index contributed by atoms with van der Waals surface area (Å²) in [5, 5.41) is 8.54. The van der Waals surface area contributed by atoms with Crippen molar-refractivity contribution in [1.82, 2.24) is 4.90 Å². The Morgan fingerprint density at radius 3 is 2.41 bits per heavy atom. The Hall–Kier alpha value is -1.14. The van der Waals surface area contributed by atoms with E-state index in [2.05, 4.69) is 0 Å². The second-order valence-corrected chi connectivity index (χ2v) is 3.47. The molecule has 0 aromatic rings. The molecular weight excluding hydrogens is 226 g/mol. The predicted molar refractivity (Wildman–Crippen MR) is 61.8 cm³/mol. The molecule has 17 heavy (non-hydrogen) atoms. The van der Waals surface area contributed by atoms with Crippen molar-refractivity contribution in [2.24, 2.45) is 0 Å². The molecule has 0 spiro atoms. The topological polar surface area (TPSA) is 76.1 Å². The van der Waals surface area contributed by atoms with Crippen LogP contribution < -0.4 is 0 Å². The van der Waals surface area contributed by atoms with Gasteiger partial charge in [-0.3, -0.25) is 9.59 Å². The van der Waals surface area contributed by atoms with E-state index in [0.29, 0.717) is 26.4 Å². The number of carboxylic acid groups (broad SMARTS) is 1. The average Bonchev–Trinajstić information content (AvgIpc) is 2.29. The summed E-state index contributed by atoms with van der Waals surface area (Å²) in [6.45, 7) is 3.90. The maximum atomic E-state index is 11.6. The fourth-order valence-electron chi connectivity index (χ4n) is 1.25. The molecule has 0 saturated carbocycles. The van der Waals surface area contributed by atoms with Crippen molar-refractivity contribution in [3.8, 4) is 0 Å². The lowest BCUT2D eigenvalue weighted by Crippen LogP contribution is -2.33. The van der Waals surface area contributed by atoms with Crippen molar-refractivity contribution >= 4 is 11.9 Å². The zero-order valence-electron chi connectivity index (χ0n) is 10.5. The third kappa shape index (κ3) is 8.65. The van der Waals surface area contributed by atoms with Crippen molar-refractivity contribution in [3.05, 3.63) is 0 Å². The van der Waals surface area contributed by atoms with Crippen molar-refractivity contribution in [3.63, 3.8) is 0 Å². The Kier molecular flexibility index (Phi) is 9.37. The molecule has 0 aliphatic carbocycles. The van der Waals surface area contributed by atoms with E-state index < -0.39 is 5.97 Å². The first-order valence-electron chi connectivity index (χ1n) is 5.68. The Morgan fingerprint density at radius 2 is 1.88 bits per heavy atom. The molecule has 0 aromatic heterocycles. The highest BCUT2D eigenvalue weighted by atomic mass is 16.5. The summed E-state index contributed by atoms with van der Waals surface area (Å²) in [6, 6.07) is 0. The molecule has 0 saturated heterocycles. The number of aliphatic carboxylic acids is 1. The van der Waals surface area contributed by atoms with Crippen LogP contribution in [0.25, 0.3) is 0 Å². The number of methoxy groups -OCH3 is 1. The molecule has 0 atom stereocenters. The maximum Gasteiger partial charge on any atom is 0.305 e. The molecule has 6 nitrogen and oxygen atoms in total. The van der Waals surface area contributed by atoms with Gasteiger partial charge in [0, 0.05) is 20.2 Å². The molecule has 1 amide bonds. The van der Waals surface area contributed by atoms with Gasteiger partial charge in [0.2, 0.25) is 5.91 Å². The monoisotopic (exact) mass is 247 g/mol. The van der Waals surface area contributed by atoms with Crippen LogP contribution in [0.15, 0.2) is 0 Å². The number of hydrogen-bond donors (Lipinski definition) is 1. The zero-order valence-corrected chi connectivity index (χ0v) is 10.5. The first kappa shape index (κ1) is 15.9. The number of carbonyl (C=O) groups is 2. The quantitative estimate of drug-likeness (QED) is 0.564. The lowest BCUT2D eigenvalue weighted by atomic mass is 10.3. The van der Waals surface area contributed by atoms with Gasteiger partial charge in [-0.25, -0.2) is 0 Å². The molecule has 0 bridgehead atoms. The summed E-state index contributed by atoms with van der Waals surface area (Å²) < 4.78 is 9.97. The summed E-state index contributed by atoms with van der Waals surface area (Å²) in [5.41, 5.74) is 0. The minimum absolute atomic E-state index is 0.0237. The second-order valence-electron chi connectivity index (χ2n) is 3.47. The summed E-state index contributed by atoms with van der Waals surface area (Å²) >= 11 is 0. The van der Waals surface area contributed by atoms with Gasteiger partial charge in [0.05, 0.1) is 32.7 Å².